The van der Waals surface area contributed by atoms with Crippen molar-refractivity contribution in [3.05, 3.63) is 47.8 Å². The lowest BCUT2D eigenvalue weighted by Crippen LogP contribution is -2.44. The van der Waals surface area contributed by atoms with Crippen molar-refractivity contribution in [2.45, 2.75) is 49.0 Å². The Kier molecular flexibility index (Phi) is 7.00. The number of carbonyl (C=O) groups is 2. The topological polar surface area (TPSA) is 67.2 Å². The van der Waals surface area contributed by atoms with E-state index in [9.17, 15) is 9.59 Å². The van der Waals surface area contributed by atoms with Gasteiger partial charge in [-0.1, -0.05) is 12.1 Å². The van der Waals surface area contributed by atoms with Crippen LogP contribution in [-0.4, -0.2) is 51.9 Å². The van der Waals surface area contributed by atoms with Crippen molar-refractivity contribution < 1.29 is 9.59 Å². The number of thioether (sulfide) groups is 1. The maximum Gasteiger partial charge on any atom is 0.222 e. The lowest BCUT2D eigenvalue weighted by atomic mass is 9.85. The van der Waals surface area contributed by atoms with Crippen molar-refractivity contribution in [2.24, 2.45) is 7.05 Å². The van der Waals surface area contributed by atoms with Crippen LogP contribution >= 0.6 is 11.8 Å². The minimum atomic E-state index is -0.322. The molecule has 1 atom stereocenters. The minimum absolute atomic E-state index is 0.0862. The highest BCUT2D eigenvalue weighted by atomic mass is 32.2. The summed E-state index contributed by atoms with van der Waals surface area (Å²) < 4.78 is 1.77. The normalized spacial score (nSPS) is 18.7. The van der Waals surface area contributed by atoms with Crippen molar-refractivity contribution in [1.29, 1.82) is 0 Å². The highest BCUT2D eigenvalue weighted by Crippen LogP contribution is 2.30. The number of carbonyl (C=O) groups excluding carboxylic acids is 2. The van der Waals surface area contributed by atoms with Gasteiger partial charge in [0, 0.05) is 50.1 Å². The molecule has 2 heterocycles. The van der Waals surface area contributed by atoms with Crippen LogP contribution in [-0.2, 0) is 29.5 Å². The van der Waals surface area contributed by atoms with Gasteiger partial charge in [0.15, 0.2) is 0 Å². The average Bonchev–Trinajstić information content (AvgIpc) is 3.30. The molecule has 29 heavy (non-hydrogen) atoms. The molecule has 1 aliphatic rings. The van der Waals surface area contributed by atoms with Crippen LogP contribution in [0.5, 0.6) is 0 Å². The molecule has 156 valence electrons. The molecule has 0 unspecified atom stereocenters. The van der Waals surface area contributed by atoms with Crippen molar-refractivity contribution in [1.82, 2.24) is 20.0 Å². The molecule has 3 rings (SSSR count). The number of hydrogen-bond acceptors (Lipinski definition) is 4. The third kappa shape index (κ3) is 5.85. The summed E-state index contributed by atoms with van der Waals surface area (Å²) in [4.78, 5) is 27.7. The predicted molar refractivity (Wildman–Crippen MR) is 116 cm³/mol. The molecule has 1 saturated heterocycles. The van der Waals surface area contributed by atoms with Crippen LogP contribution < -0.4 is 5.32 Å². The van der Waals surface area contributed by atoms with Gasteiger partial charge in [-0.2, -0.15) is 5.10 Å². The minimum Gasteiger partial charge on any atom is -0.350 e. The van der Waals surface area contributed by atoms with Gasteiger partial charge in [-0.3, -0.25) is 14.3 Å². The van der Waals surface area contributed by atoms with Crippen LogP contribution in [0.1, 0.15) is 36.8 Å². The highest BCUT2D eigenvalue weighted by Gasteiger charge is 2.38. The molecule has 0 saturated carbocycles. The van der Waals surface area contributed by atoms with E-state index in [4.69, 9.17) is 0 Å². The van der Waals surface area contributed by atoms with Crippen molar-refractivity contribution in [3.63, 3.8) is 0 Å². The van der Waals surface area contributed by atoms with Gasteiger partial charge >= 0.3 is 0 Å². The van der Waals surface area contributed by atoms with E-state index >= 15 is 0 Å². The first kappa shape index (κ1) is 21.4. The molecule has 0 aliphatic carbocycles. The molecule has 1 aromatic heterocycles. The summed E-state index contributed by atoms with van der Waals surface area (Å²) in [6.45, 7) is 0.667. The molecule has 6 nitrogen and oxygen atoms in total. The van der Waals surface area contributed by atoms with E-state index in [-0.39, 0.29) is 17.4 Å². The number of amides is 2. The molecular weight excluding hydrogens is 384 g/mol. The van der Waals surface area contributed by atoms with Crippen molar-refractivity contribution in [2.75, 3.05) is 19.8 Å². The van der Waals surface area contributed by atoms with Crippen LogP contribution in [0.2, 0.25) is 0 Å². The molecule has 0 radical (unpaired) electrons. The van der Waals surface area contributed by atoms with Crippen molar-refractivity contribution >= 4 is 23.6 Å². The van der Waals surface area contributed by atoms with Crippen LogP contribution in [0, 0.1) is 0 Å². The second-order valence-electron chi connectivity index (χ2n) is 7.94. The summed E-state index contributed by atoms with van der Waals surface area (Å²) in [5, 5.41) is 7.34. The number of nitrogens with zero attached hydrogens (tertiary/aromatic N) is 3. The van der Waals surface area contributed by atoms with Gasteiger partial charge < -0.3 is 10.2 Å². The van der Waals surface area contributed by atoms with Crippen LogP contribution in [0.4, 0.5) is 0 Å². The maximum atomic E-state index is 12.7. The van der Waals surface area contributed by atoms with E-state index in [0.717, 1.165) is 24.8 Å². The zero-order chi connectivity index (χ0) is 20.9. The van der Waals surface area contributed by atoms with Gasteiger partial charge in [-0.25, -0.2) is 0 Å². The Labute approximate surface area is 177 Å². The zero-order valence-electron chi connectivity index (χ0n) is 17.5. The smallest absolute Gasteiger partial charge is 0.222 e. The maximum absolute atomic E-state index is 12.7. The standard InChI is InChI=1S/C22H30N4O2S/c1-25(13-10-18-15-23-26(2)16-18)21(28)9-12-22(11-8-20(27)24-22)14-17-4-6-19(29-3)7-5-17/h4-7,15-16H,8-14H2,1-3H3,(H,24,27)/t22-/m0/s1. The molecule has 2 amide bonds. The number of rotatable bonds is 9. The Morgan fingerprint density at radius 2 is 2.07 bits per heavy atom. The molecular formula is C22H30N4O2S. The quantitative estimate of drug-likeness (QED) is 0.641. The summed E-state index contributed by atoms with van der Waals surface area (Å²) >= 11 is 1.72. The largest absolute Gasteiger partial charge is 0.350 e. The first-order valence-electron chi connectivity index (χ1n) is 10.0. The second-order valence-corrected chi connectivity index (χ2v) is 8.82. The Hall–Kier alpha value is -2.28. The number of nitrogens with one attached hydrogen (secondary N) is 1. The molecule has 1 aliphatic heterocycles. The Morgan fingerprint density at radius 3 is 2.66 bits per heavy atom. The SMILES string of the molecule is CSc1ccc(C[C@@]2(CCC(=O)N(C)CCc3cnn(C)c3)CCC(=O)N2)cc1. The fourth-order valence-corrected chi connectivity index (χ4v) is 4.28. The van der Waals surface area contributed by atoms with E-state index in [2.05, 4.69) is 40.9 Å². The predicted octanol–water partition coefficient (Wildman–Crippen LogP) is 2.81. The number of benzene rings is 1. The van der Waals surface area contributed by atoms with Gasteiger partial charge in [0.1, 0.15) is 0 Å². The van der Waals surface area contributed by atoms with Crippen LogP contribution in [0.25, 0.3) is 0 Å². The number of aromatic nitrogens is 2. The highest BCUT2D eigenvalue weighted by molar-refractivity contribution is 7.98. The van der Waals surface area contributed by atoms with Gasteiger partial charge in [-0.15, -0.1) is 11.8 Å². The summed E-state index contributed by atoms with van der Waals surface area (Å²) in [6, 6.07) is 8.48. The summed E-state index contributed by atoms with van der Waals surface area (Å²) in [5.74, 6) is 0.204. The molecule has 0 bridgehead atoms. The van der Waals surface area contributed by atoms with Gasteiger partial charge in [0.05, 0.1) is 6.20 Å². The first-order chi connectivity index (χ1) is 13.9. The third-order valence-corrected chi connectivity index (χ3v) is 6.42. The molecule has 1 fully saturated rings. The van der Waals surface area contributed by atoms with Crippen LogP contribution in [0.3, 0.4) is 0 Å². The fraction of sp³-hybridized carbons (Fsp3) is 0.500. The Morgan fingerprint density at radius 1 is 1.31 bits per heavy atom. The molecule has 1 aromatic carbocycles. The fourth-order valence-electron chi connectivity index (χ4n) is 3.88. The summed E-state index contributed by atoms with van der Waals surface area (Å²) in [5.41, 5.74) is 2.00. The monoisotopic (exact) mass is 414 g/mol. The zero-order valence-corrected chi connectivity index (χ0v) is 18.3. The number of likely N-dealkylation sites (N-methyl/N-ethyl adjacent to an activating group) is 1. The van der Waals surface area contributed by atoms with Gasteiger partial charge in [0.2, 0.25) is 11.8 Å². The van der Waals surface area contributed by atoms with E-state index in [1.165, 1.54) is 10.5 Å². The van der Waals surface area contributed by atoms with E-state index in [1.54, 1.807) is 21.3 Å². The lowest BCUT2D eigenvalue weighted by molar-refractivity contribution is -0.130. The van der Waals surface area contributed by atoms with Crippen molar-refractivity contribution in [3.8, 4) is 0 Å². The first-order valence-corrected chi connectivity index (χ1v) is 11.3. The molecule has 0 spiro atoms. The third-order valence-electron chi connectivity index (χ3n) is 5.67. The number of aryl methyl sites for hydroxylation is 1. The van der Waals surface area contributed by atoms with E-state index in [0.29, 0.717) is 25.8 Å². The number of hydrogen-bond donors (Lipinski definition) is 1. The van der Waals surface area contributed by atoms with E-state index in [1.807, 2.05) is 26.5 Å². The Bertz CT molecular complexity index is 849. The van der Waals surface area contributed by atoms with Crippen LogP contribution in [0.15, 0.2) is 41.6 Å². The summed E-state index contributed by atoms with van der Waals surface area (Å²) in [6.07, 6.45) is 9.85. The van der Waals surface area contributed by atoms with Gasteiger partial charge in [-0.05, 0) is 55.2 Å². The molecule has 2 aromatic rings. The Balaban J connectivity index is 1.56. The second kappa shape index (κ2) is 9.48. The average molecular weight is 415 g/mol. The van der Waals surface area contributed by atoms with Gasteiger partial charge in [0.25, 0.3) is 0 Å². The lowest BCUT2D eigenvalue weighted by Gasteiger charge is -2.30. The van der Waals surface area contributed by atoms with E-state index < -0.39 is 0 Å². The molecule has 7 heteroatoms. The summed E-state index contributed by atoms with van der Waals surface area (Å²) in [7, 11) is 3.74. The molecule has 1 N–H and O–H groups in total.